The topological polar surface area (TPSA) is 54.4 Å². The van der Waals surface area contributed by atoms with Gasteiger partial charge in [0.2, 0.25) is 0 Å². The SMILES string of the molecule is O=C(O)[C@@H]1[C@@H]2C3C[C@H]1C(=O)C32. The zero-order chi connectivity index (χ0) is 7.75. The Morgan fingerprint density at radius 2 is 2.27 bits per heavy atom. The largest absolute Gasteiger partial charge is 0.481 e. The van der Waals surface area contributed by atoms with E-state index < -0.39 is 5.97 Å². The van der Waals surface area contributed by atoms with Crippen molar-refractivity contribution in [3.63, 3.8) is 0 Å². The maximum Gasteiger partial charge on any atom is 0.307 e. The second-order valence-electron chi connectivity index (χ2n) is 3.88. The van der Waals surface area contributed by atoms with Gasteiger partial charge in [-0.15, -0.1) is 0 Å². The Morgan fingerprint density at radius 3 is 2.45 bits per heavy atom. The van der Waals surface area contributed by atoms with Crippen molar-refractivity contribution in [1.82, 2.24) is 0 Å². The zero-order valence-corrected chi connectivity index (χ0v) is 5.86. The second kappa shape index (κ2) is 1.36. The standard InChI is InChI=1S/C8H8O3/c9-7-3-1-2-4(5(2)7)6(3)8(10)11/h2-6H,1H2,(H,10,11)/t2?,3-,4-,5?,6+/m1/s1. The summed E-state index contributed by atoms with van der Waals surface area (Å²) in [6.07, 6.45) is 0.866. The number of carboxylic acid groups (broad SMARTS) is 1. The van der Waals surface area contributed by atoms with Crippen LogP contribution in [-0.4, -0.2) is 16.9 Å². The number of carbonyl (C=O) groups is 2. The van der Waals surface area contributed by atoms with Crippen molar-refractivity contribution in [3.05, 3.63) is 0 Å². The highest BCUT2D eigenvalue weighted by Gasteiger charge is 2.75. The molecule has 4 aliphatic rings. The van der Waals surface area contributed by atoms with Gasteiger partial charge >= 0.3 is 5.97 Å². The number of ketones is 1. The predicted octanol–water partition coefficient (Wildman–Crippen LogP) is 0.152. The van der Waals surface area contributed by atoms with Crippen molar-refractivity contribution < 1.29 is 14.7 Å². The lowest BCUT2D eigenvalue weighted by molar-refractivity contribution is -0.144. The Morgan fingerprint density at radius 1 is 1.55 bits per heavy atom. The van der Waals surface area contributed by atoms with Crippen molar-refractivity contribution in [2.45, 2.75) is 6.42 Å². The van der Waals surface area contributed by atoms with Gasteiger partial charge in [0.25, 0.3) is 0 Å². The van der Waals surface area contributed by atoms with Crippen molar-refractivity contribution >= 4 is 11.8 Å². The van der Waals surface area contributed by atoms with Gasteiger partial charge in [0.05, 0.1) is 5.92 Å². The van der Waals surface area contributed by atoms with E-state index in [4.69, 9.17) is 5.11 Å². The number of carbonyl (C=O) groups excluding carboxylic acids is 1. The predicted molar refractivity (Wildman–Crippen MR) is 34.7 cm³/mol. The number of carboxylic acids is 1. The number of aliphatic carboxylic acids is 1. The molecule has 0 spiro atoms. The van der Waals surface area contributed by atoms with Crippen LogP contribution in [0.3, 0.4) is 0 Å². The van der Waals surface area contributed by atoms with Crippen LogP contribution in [0.1, 0.15) is 6.42 Å². The molecule has 11 heavy (non-hydrogen) atoms. The smallest absolute Gasteiger partial charge is 0.307 e. The Kier molecular flexibility index (Phi) is 0.708. The van der Waals surface area contributed by atoms with Crippen molar-refractivity contribution in [2.24, 2.45) is 29.6 Å². The van der Waals surface area contributed by atoms with Gasteiger partial charge in [0.1, 0.15) is 5.78 Å². The van der Waals surface area contributed by atoms with Gasteiger partial charge in [-0.1, -0.05) is 0 Å². The van der Waals surface area contributed by atoms with Gasteiger partial charge in [-0.05, 0) is 18.3 Å². The molecule has 3 heteroatoms. The first-order chi connectivity index (χ1) is 5.22. The van der Waals surface area contributed by atoms with Gasteiger partial charge in [-0.2, -0.15) is 0 Å². The third-order valence-electron chi connectivity index (χ3n) is 3.58. The van der Waals surface area contributed by atoms with Crippen LogP contribution in [0, 0.1) is 29.6 Å². The molecule has 0 heterocycles. The average Bonchev–Trinajstić information content (AvgIpc) is 2.33. The fourth-order valence-electron chi connectivity index (χ4n) is 3.18. The highest BCUT2D eigenvalue weighted by atomic mass is 16.4. The lowest BCUT2D eigenvalue weighted by Crippen LogP contribution is -2.19. The third kappa shape index (κ3) is 0.424. The molecule has 0 aromatic heterocycles. The molecule has 2 unspecified atom stereocenters. The fraction of sp³-hybridized carbons (Fsp3) is 0.750. The molecule has 0 aliphatic heterocycles. The first kappa shape index (κ1) is 5.75. The van der Waals surface area contributed by atoms with Gasteiger partial charge < -0.3 is 5.11 Å². The summed E-state index contributed by atoms with van der Waals surface area (Å²) in [7, 11) is 0. The van der Waals surface area contributed by atoms with E-state index in [-0.39, 0.29) is 29.5 Å². The highest BCUT2D eigenvalue weighted by molar-refractivity contribution is 5.98. The highest BCUT2D eigenvalue weighted by Crippen LogP contribution is 2.71. The Bertz CT molecular complexity index is 271. The Labute approximate surface area is 63.4 Å². The first-order valence-corrected chi connectivity index (χ1v) is 3.98. The van der Waals surface area contributed by atoms with Crippen molar-refractivity contribution in [3.8, 4) is 0 Å². The molecular formula is C8H8O3. The molecule has 0 aromatic rings. The van der Waals surface area contributed by atoms with E-state index in [0.29, 0.717) is 5.92 Å². The van der Waals surface area contributed by atoms with E-state index in [0.717, 1.165) is 6.42 Å². The van der Waals surface area contributed by atoms with Crippen LogP contribution < -0.4 is 0 Å². The van der Waals surface area contributed by atoms with E-state index in [1.54, 1.807) is 0 Å². The van der Waals surface area contributed by atoms with Crippen molar-refractivity contribution in [2.75, 3.05) is 0 Å². The van der Waals surface area contributed by atoms with Crippen LogP contribution in [0.4, 0.5) is 0 Å². The minimum Gasteiger partial charge on any atom is -0.481 e. The van der Waals surface area contributed by atoms with Crippen LogP contribution in [0.5, 0.6) is 0 Å². The summed E-state index contributed by atoms with van der Waals surface area (Å²) < 4.78 is 0. The fourth-order valence-corrected chi connectivity index (χ4v) is 3.18. The van der Waals surface area contributed by atoms with E-state index >= 15 is 0 Å². The molecule has 0 aromatic carbocycles. The quantitative estimate of drug-likeness (QED) is 0.582. The monoisotopic (exact) mass is 152 g/mol. The van der Waals surface area contributed by atoms with Crippen LogP contribution in [0.15, 0.2) is 0 Å². The first-order valence-electron chi connectivity index (χ1n) is 3.98. The van der Waals surface area contributed by atoms with Gasteiger partial charge in [0.15, 0.2) is 0 Å². The number of Topliss-reactive ketones (excluding diaryl/α,β-unsaturated/α-hetero) is 1. The number of hydrogen-bond donors (Lipinski definition) is 1. The molecular weight excluding hydrogens is 144 g/mol. The van der Waals surface area contributed by atoms with E-state index in [2.05, 4.69) is 0 Å². The third-order valence-corrected chi connectivity index (χ3v) is 3.58. The van der Waals surface area contributed by atoms with Crippen LogP contribution in [0.25, 0.3) is 0 Å². The van der Waals surface area contributed by atoms with Crippen LogP contribution >= 0.6 is 0 Å². The zero-order valence-electron chi connectivity index (χ0n) is 5.86. The molecule has 3 nitrogen and oxygen atoms in total. The maximum absolute atomic E-state index is 11.2. The van der Waals surface area contributed by atoms with Gasteiger partial charge in [0, 0.05) is 11.8 Å². The van der Waals surface area contributed by atoms with E-state index in [9.17, 15) is 9.59 Å². The minimum atomic E-state index is -0.754. The summed E-state index contributed by atoms with van der Waals surface area (Å²) in [4.78, 5) is 21.9. The molecule has 5 atom stereocenters. The minimum absolute atomic E-state index is 0.104. The normalized spacial score (nSPS) is 56.7. The van der Waals surface area contributed by atoms with Crippen LogP contribution in [-0.2, 0) is 9.59 Å². The summed E-state index contributed by atoms with van der Waals surface area (Å²) in [5, 5.41) is 8.77. The molecule has 4 saturated carbocycles. The molecule has 0 saturated heterocycles. The van der Waals surface area contributed by atoms with Crippen LogP contribution in [0.2, 0.25) is 0 Å². The molecule has 4 fully saturated rings. The lowest BCUT2D eigenvalue weighted by Gasteiger charge is -2.05. The molecule has 4 bridgehead atoms. The summed E-state index contributed by atoms with van der Waals surface area (Å²) in [6, 6.07) is 0. The molecule has 4 rings (SSSR count). The van der Waals surface area contributed by atoms with Crippen molar-refractivity contribution in [1.29, 1.82) is 0 Å². The van der Waals surface area contributed by atoms with E-state index in [1.807, 2.05) is 0 Å². The van der Waals surface area contributed by atoms with Gasteiger partial charge in [-0.3, -0.25) is 9.59 Å². The summed E-state index contributed by atoms with van der Waals surface area (Å²) in [5.74, 6) is -0.0482. The maximum atomic E-state index is 11.2. The molecule has 0 radical (unpaired) electrons. The summed E-state index contributed by atoms with van der Waals surface area (Å²) in [6.45, 7) is 0. The van der Waals surface area contributed by atoms with Gasteiger partial charge in [-0.25, -0.2) is 0 Å². The Balaban J connectivity index is 2.03. The second-order valence-corrected chi connectivity index (χ2v) is 3.88. The summed E-state index contributed by atoms with van der Waals surface area (Å²) >= 11 is 0. The number of hydrogen-bond acceptors (Lipinski definition) is 2. The summed E-state index contributed by atoms with van der Waals surface area (Å²) in [5.41, 5.74) is 0. The Hall–Kier alpha value is -0.860. The molecule has 1 N–H and O–H groups in total. The van der Waals surface area contributed by atoms with E-state index in [1.165, 1.54) is 0 Å². The molecule has 0 amide bonds. The molecule has 58 valence electrons. The lowest BCUT2D eigenvalue weighted by atomic mass is 9.98. The average molecular weight is 152 g/mol. The number of rotatable bonds is 1. The molecule has 4 aliphatic carbocycles.